The minimum absolute atomic E-state index is 0.0585. The summed E-state index contributed by atoms with van der Waals surface area (Å²) < 4.78 is 5.55. The van der Waals surface area contributed by atoms with E-state index >= 15 is 0 Å². The number of rotatable bonds is 6. The fourth-order valence-electron chi connectivity index (χ4n) is 3.38. The van der Waals surface area contributed by atoms with Gasteiger partial charge < -0.3 is 4.74 Å². The molecule has 3 atom stereocenters. The number of hydrogen-bond acceptors (Lipinski definition) is 1. The first-order valence-electron chi connectivity index (χ1n) is 9.58. The van der Waals surface area contributed by atoms with E-state index < -0.39 is 0 Å². The van der Waals surface area contributed by atoms with Crippen molar-refractivity contribution in [3.8, 4) is 0 Å². The zero-order valence-corrected chi connectivity index (χ0v) is 18.5. The molecule has 2 rings (SSSR count). The van der Waals surface area contributed by atoms with E-state index in [4.69, 9.17) is 4.74 Å². The van der Waals surface area contributed by atoms with E-state index in [-0.39, 0.29) is 16.1 Å². The normalized spacial score (nSPS) is 23.8. The van der Waals surface area contributed by atoms with Crippen molar-refractivity contribution in [2.45, 2.75) is 43.4 Å². The summed E-state index contributed by atoms with van der Waals surface area (Å²) in [6.45, 7) is 16.9. The van der Waals surface area contributed by atoms with Gasteiger partial charge in [0.2, 0.25) is 0 Å². The Balaban J connectivity index is 2.65. The van der Waals surface area contributed by atoms with Crippen molar-refractivity contribution in [3.63, 3.8) is 0 Å². The van der Waals surface area contributed by atoms with Gasteiger partial charge in [-0.25, -0.2) is 0 Å². The molecule has 0 N–H and O–H groups in total. The van der Waals surface area contributed by atoms with Crippen molar-refractivity contribution < 1.29 is 4.74 Å². The molecule has 2 aliphatic carbocycles. The van der Waals surface area contributed by atoms with Gasteiger partial charge in [0.05, 0.1) is 7.11 Å². The molecule has 0 bridgehead atoms. The van der Waals surface area contributed by atoms with Crippen LogP contribution in [0.2, 0.25) is 0 Å². The van der Waals surface area contributed by atoms with Crippen LogP contribution in [0.4, 0.5) is 0 Å². The molecule has 0 radical (unpaired) electrons. The lowest BCUT2D eigenvalue weighted by molar-refractivity contribution is 0.307. The minimum atomic E-state index is 0.0585. The van der Waals surface area contributed by atoms with Gasteiger partial charge in [-0.05, 0) is 74.8 Å². The molecule has 0 aromatic rings. The van der Waals surface area contributed by atoms with Crippen LogP contribution in [0.1, 0.15) is 27.7 Å². The van der Waals surface area contributed by atoms with Crippen LogP contribution < -0.4 is 0 Å². The zero-order chi connectivity index (χ0) is 20.7. The van der Waals surface area contributed by atoms with E-state index in [1.165, 1.54) is 5.57 Å². The molecule has 0 saturated carbocycles. The average molecular weight is 392 g/mol. The van der Waals surface area contributed by atoms with Crippen molar-refractivity contribution in [2.75, 3.05) is 7.11 Å². The first kappa shape index (κ1) is 21.9. The summed E-state index contributed by atoms with van der Waals surface area (Å²) in [5, 5.41) is 1.16. The van der Waals surface area contributed by atoms with Crippen LogP contribution >= 0.6 is 0 Å². The summed E-state index contributed by atoms with van der Waals surface area (Å²) in [5.41, 5.74) is 10.6. The predicted octanol–water partition coefficient (Wildman–Crippen LogP) is 6.29. The Labute approximate surface area is 173 Å². The maximum atomic E-state index is 5.55. The highest BCUT2D eigenvalue weighted by atomic mass is 32.2. The van der Waals surface area contributed by atoms with Crippen LogP contribution in [0.15, 0.2) is 107 Å². The Morgan fingerprint density at radius 3 is 2.64 bits per heavy atom. The molecular formula is C26H31OS+. The summed E-state index contributed by atoms with van der Waals surface area (Å²) >= 11 is 0. The largest absolute Gasteiger partial charge is 0.489 e. The Bertz CT molecular complexity index is 875. The van der Waals surface area contributed by atoms with Crippen molar-refractivity contribution in [2.24, 2.45) is 0 Å². The van der Waals surface area contributed by atoms with E-state index in [0.717, 1.165) is 16.7 Å². The van der Waals surface area contributed by atoms with E-state index in [0.29, 0.717) is 16.3 Å². The van der Waals surface area contributed by atoms with Crippen molar-refractivity contribution in [1.29, 1.82) is 0 Å². The molecule has 3 unspecified atom stereocenters. The van der Waals surface area contributed by atoms with E-state index in [1.54, 1.807) is 7.11 Å². The third-order valence-electron chi connectivity index (χ3n) is 4.71. The molecular weight excluding hydrogens is 360 g/mol. The molecule has 0 aromatic heterocycles. The third kappa shape index (κ3) is 5.33. The molecule has 2 aliphatic rings. The van der Waals surface area contributed by atoms with Gasteiger partial charge in [0.1, 0.15) is 5.25 Å². The summed E-state index contributed by atoms with van der Waals surface area (Å²) in [7, 11) is 1.74. The third-order valence-corrected chi connectivity index (χ3v) is 7.84. The highest BCUT2D eigenvalue weighted by Gasteiger charge is 2.39. The molecule has 0 aromatic carbocycles. The predicted molar refractivity (Wildman–Crippen MR) is 125 cm³/mol. The molecule has 0 spiro atoms. The number of hydrogen-bond donors (Lipinski definition) is 0. The van der Waals surface area contributed by atoms with Crippen LogP contribution in [-0.4, -0.2) is 22.9 Å². The topological polar surface area (TPSA) is 9.23 Å². The standard InChI is InChI=1S/C26H31OS/c1-8-12-22-17-23(27-7)15-16-24(18-25(22)19(2)3)28(20(4)5)26-14-11-9-10-13-21(26)6/h9-16,18,20,24,26H,1-2H2,3-7H3/q+1/b16-15-,25-18?. The maximum Gasteiger partial charge on any atom is 0.162 e. The number of ether oxygens (including phenoxy) is 1. The van der Waals surface area contributed by atoms with E-state index in [1.807, 2.05) is 19.1 Å². The van der Waals surface area contributed by atoms with Gasteiger partial charge in [-0.15, -0.1) is 5.73 Å². The molecule has 146 valence electrons. The number of methoxy groups -OCH3 is 1. The molecule has 0 aliphatic heterocycles. The Kier molecular flexibility index (Phi) is 8.03. The maximum absolute atomic E-state index is 5.55. The fraction of sp³-hybridized carbons (Fsp3) is 0.308. The first-order chi connectivity index (χ1) is 13.4. The molecule has 0 heterocycles. The summed E-state index contributed by atoms with van der Waals surface area (Å²) in [6.07, 6.45) is 19.5. The van der Waals surface area contributed by atoms with Crippen LogP contribution in [0.25, 0.3) is 0 Å². The first-order valence-corrected chi connectivity index (χ1v) is 11.0. The van der Waals surface area contributed by atoms with Crippen LogP contribution in [0.5, 0.6) is 0 Å². The SMILES string of the molecule is C=C=CC1=C=C(OC)/C=C\C([S+](C(C)C)C2C=CC=CC=C2C)C=C1C(=C)C. The van der Waals surface area contributed by atoms with E-state index in [9.17, 15) is 0 Å². The second-order valence-corrected chi connectivity index (χ2v) is 10.0. The Morgan fingerprint density at radius 1 is 1.29 bits per heavy atom. The summed E-state index contributed by atoms with van der Waals surface area (Å²) in [6, 6.07) is 0. The second kappa shape index (κ2) is 10.2. The lowest BCUT2D eigenvalue weighted by Crippen LogP contribution is -2.36. The van der Waals surface area contributed by atoms with Crippen LogP contribution in [0.3, 0.4) is 0 Å². The Morgan fingerprint density at radius 2 is 2.04 bits per heavy atom. The average Bonchev–Trinajstić information content (AvgIpc) is 2.84. The molecule has 0 fully saturated rings. The van der Waals surface area contributed by atoms with Crippen molar-refractivity contribution in [3.05, 3.63) is 107 Å². The highest BCUT2D eigenvalue weighted by Crippen LogP contribution is 2.32. The molecule has 2 heteroatoms. The van der Waals surface area contributed by atoms with Crippen LogP contribution in [0, 0.1) is 0 Å². The van der Waals surface area contributed by atoms with Crippen molar-refractivity contribution >= 4 is 10.9 Å². The van der Waals surface area contributed by atoms with Gasteiger partial charge in [0.15, 0.2) is 16.3 Å². The lowest BCUT2D eigenvalue weighted by atomic mass is 9.98. The fourth-order valence-corrected chi connectivity index (χ4v) is 6.26. The van der Waals surface area contributed by atoms with Gasteiger partial charge >= 0.3 is 0 Å². The minimum Gasteiger partial charge on any atom is -0.489 e. The van der Waals surface area contributed by atoms with Gasteiger partial charge in [-0.1, -0.05) is 43.2 Å². The molecule has 0 saturated heterocycles. The van der Waals surface area contributed by atoms with Gasteiger partial charge in [-0.3, -0.25) is 0 Å². The molecule has 1 nitrogen and oxygen atoms in total. The lowest BCUT2D eigenvalue weighted by Gasteiger charge is -2.25. The Hall–Kier alpha value is -2.37. The van der Waals surface area contributed by atoms with Crippen LogP contribution in [-0.2, 0) is 15.6 Å². The molecule has 28 heavy (non-hydrogen) atoms. The highest BCUT2D eigenvalue weighted by molar-refractivity contribution is 7.99. The summed E-state index contributed by atoms with van der Waals surface area (Å²) in [5.74, 6) is 0.705. The summed E-state index contributed by atoms with van der Waals surface area (Å²) in [4.78, 5) is 0. The molecule has 0 amide bonds. The van der Waals surface area contributed by atoms with Crippen molar-refractivity contribution in [1.82, 2.24) is 0 Å². The zero-order valence-electron chi connectivity index (χ0n) is 17.7. The van der Waals surface area contributed by atoms with E-state index in [2.05, 4.69) is 87.9 Å². The van der Waals surface area contributed by atoms with Gasteiger partial charge in [-0.2, -0.15) is 0 Å². The smallest absolute Gasteiger partial charge is 0.162 e. The quantitative estimate of drug-likeness (QED) is 0.382. The second-order valence-electron chi connectivity index (χ2n) is 7.20. The monoisotopic (exact) mass is 391 g/mol. The van der Waals surface area contributed by atoms with Gasteiger partial charge in [0, 0.05) is 16.5 Å². The number of allylic oxidation sites excluding steroid dienone is 8. The van der Waals surface area contributed by atoms with Gasteiger partial charge in [0.25, 0.3) is 0 Å².